The Morgan fingerprint density at radius 1 is 0.773 bits per heavy atom. The van der Waals surface area contributed by atoms with Crippen LogP contribution in [-0.4, -0.2) is 9.97 Å². The van der Waals surface area contributed by atoms with Crippen molar-refractivity contribution in [2.45, 2.75) is 0 Å². The molecule has 0 aliphatic carbocycles. The number of hydrogen-bond donors (Lipinski definition) is 0. The van der Waals surface area contributed by atoms with Crippen LogP contribution in [0.1, 0.15) is 0 Å². The summed E-state index contributed by atoms with van der Waals surface area (Å²) < 4.78 is 1.75. The molecular weight excluding hydrogens is 312 g/mol. The molecule has 2 nitrogen and oxygen atoms in total. The molecule has 0 radical (unpaired) electrons. The fourth-order valence-corrected chi connectivity index (χ4v) is 3.58. The van der Waals surface area contributed by atoms with Crippen molar-refractivity contribution < 1.29 is 0 Å². The maximum absolute atomic E-state index is 6.19. The SMILES string of the molecule is Clc1cc2nc(-c3ccccc3)nc(-c3ccccc3)c2s1. The fourth-order valence-electron chi connectivity index (χ4n) is 2.41. The lowest BCUT2D eigenvalue weighted by atomic mass is 10.1. The van der Waals surface area contributed by atoms with E-state index in [1.54, 1.807) is 0 Å². The Labute approximate surface area is 137 Å². The van der Waals surface area contributed by atoms with Crippen molar-refractivity contribution >= 4 is 33.2 Å². The van der Waals surface area contributed by atoms with Gasteiger partial charge in [0.2, 0.25) is 0 Å². The maximum Gasteiger partial charge on any atom is 0.160 e. The highest BCUT2D eigenvalue weighted by Crippen LogP contribution is 2.36. The van der Waals surface area contributed by atoms with Crippen molar-refractivity contribution in [3.63, 3.8) is 0 Å². The minimum atomic E-state index is 0.724. The minimum Gasteiger partial charge on any atom is -0.227 e. The van der Waals surface area contributed by atoms with Crippen molar-refractivity contribution in [3.8, 4) is 22.6 Å². The average molecular weight is 323 g/mol. The normalized spacial score (nSPS) is 11.0. The van der Waals surface area contributed by atoms with Gasteiger partial charge in [0.05, 0.1) is 20.2 Å². The van der Waals surface area contributed by atoms with Crippen LogP contribution in [0.4, 0.5) is 0 Å². The van der Waals surface area contributed by atoms with Crippen LogP contribution in [0.25, 0.3) is 32.9 Å². The van der Waals surface area contributed by atoms with E-state index in [0.717, 1.165) is 37.2 Å². The molecule has 0 fully saturated rings. The zero-order chi connectivity index (χ0) is 14.9. The van der Waals surface area contributed by atoms with Gasteiger partial charge in [0.15, 0.2) is 5.82 Å². The second kappa shape index (κ2) is 5.52. The molecule has 0 aliphatic heterocycles. The number of rotatable bonds is 2. The summed E-state index contributed by atoms with van der Waals surface area (Å²) >= 11 is 7.71. The molecule has 0 amide bonds. The van der Waals surface area contributed by atoms with Crippen LogP contribution < -0.4 is 0 Å². The Morgan fingerprint density at radius 3 is 2.09 bits per heavy atom. The van der Waals surface area contributed by atoms with Gasteiger partial charge in [-0.1, -0.05) is 72.3 Å². The topological polar surface area (TPSA) is 25.8 Å². The van der Waals surface area contributed by atoms with Crippen molar-refractivity contribution in [1.29, 1.82) is 0 Å². The molecule has 4 rings (SSSR count). The van der Waals surface area contributed by atoms with Gasteiger partial charge in [-0.3, -0.25) is 0 Å². The van der Waals surface area contributed by atoms with Gasteiger partial charge >= 0.3 is 0 Å². The predicted molar refractivity (Wildman–Crippen MR) is 93.3 cm³/mol. The van der Waals surface area contributed by atoms with Crippen LogP contribution in [0.15, 0.2) is 66.7 Å². The van der Waals surface area contributed by atoms with E-state index < -0.39 is 0 Å². The number of aromatic nitrogens is 2. The fraction of sp³-hybridized carbons (Fsp3) is 0. The first-order valence-corrected chi connectivity index (χ1v) is 8.08. The van der Waals surface area contributed by atoms with E-state index in [9.17, 15) is 0 Å². The first-order valence-electron chi connectivity index (χ1n) is 6.89. The van der Waals surface area contributed by atoms with Crippen molar-refractivity contribution in [1.82, 2.24) is 9.97 Å². The Balaban J connectivity index is 2.02. The molecule has 4 aromatic rings. The van der Waals surface area contributed by atoms with Gasteiger partial charge < -0.3 is 0 Å². The van der Waals surface area contributed by atoms with Gasteiger partial charge in [0.1, 0.15) is 0 Å². The van der Waals surface area contributed by atoms with Crippen molar-refractivity contribution in [2.24, 2.45) is 0 Å². The Kier molecular flexibility index (Phi) is 3.37. The van der Waals surface area contributed by atoms with E-state index in [-0.39, 0.29) is 0 Å². The van der Waals surface area contributed by atoms with Crippen LogP contribution in [0.3, 0.4) is 0 Å². The molecule has 0 bridgehead atoms. The lowest BCUT2D eigenvalue weighted by molar-refractivity contribution is 1.24. The van der Waals surface area contributed by atoms with E-state index in [4.69, 9.17) is 16.6 Å². The molecule has 0 N–H and O–H groups in total. The highest BCUT2D eigenvalue weighted by molar-refractivity contribution is 7.23. The summed E-state index contributed by atoms with van der Waals surface area (Å²) in [5, 5.41) is 0. The summed E-state index contributed by atoms with van der Waals surface area (Å²) in [4.78, 5) is 9.46. The molecule has 106 valence electrons. The van der Waals surface area contributed by atoms with Crippen molar-refractivity contribution in [2.75, 3.05) is 0 Å². The maximum atomic E-state index is 6.19. The molecule has 0 atom stereocenters. The van der Waals surface area contributed by atoms with E-state index in [1.807, 2.05) is 54.6 Å². The Hall–Kier alpha value is -2.23. The van der Waals surface area contributed by atoms with Crippen LogP contribution in [0.2, 0.25) is 4.34 Å². The quantitative estimate of drug-likeness (QED) is 0.474. The van der Waals surface area contributed by atoms with Crippen molar-refractivity contribution in [3.05, 3.63) is 71.1 Å². The van der Waals surface area contributed by atoms with Crippen LogP contribution in [0, 0.1) is 0 Å². The highest BCUT2D eigenvalue weighted by Gasteiger charge is 2.13. The molecule has 22 heavy (non-hydrogen) atoms. The molecule has 0 aliphatic rings. The highest BCUT2D eigenvalue weighted by atomic mass is 35.5. The third kappa shape index (κ3) is 2.39. The van der Waals surface area contributed by atoms with Crippen LogP contribution in [-0.2, 0) is 0 Å². The molecule has 2 heterocycles. The smallest absolute Gasteiger partial charge is 0.160 e. The molecule has 0 unspecified atom stereocenters. The third-order valence-electron chi connectivity index (χ3n) is 3.42. The molecule has 0 saturated carbocycles. The molecule has 0 saturated heterocycles. The van der Waals surface area contributed by atoms with E-state index in [0.29, 0.717) is 0 Å². The lowest BCUT2D eigenvalue weighted by Crippen LogP contribution is -1.92. The van der Waals surface area contributed by atoms with Gasteiger partial charge in [-0.2, -0.15) is 0 Å². The summed E-state index contributed by atoms with van der Waals surface area (Å²) in [5.74, 6) is 0.724. The molecule has 2 aromatic heterocycles. The standard InChI is InChI=1S/C18H11ClN2S/c19-15-11-14-17(22-15)16(12-7-3-1-4-8-12)21-18(20-14)13-9-5-2-6-10-13/h1-11H. The first-order chi connectivity index (χ1) is 10.8. The first kappa shape index (κ1) is 13.4. The second-order valence-electron chi connectivity index (χ2n) is 4.89. The van der Waals surface area contributed by atoms with E-state index in [2.05, 4.69) is 17.1 Å². The number of hydrogen-bond acceptors (Lipinski definition) is 3. The number of nitrogens with zero attached hydrogens (tertiary/aromatic N) is 2. The average Bonchev–Trinajstić information content (AvgIpc) is 2.95. The third-order valence-corrected chi connectivity index (χ3v) is 4.68. The molecule has 0 spiro atoms. The number of fused-ring (bicyclic) bond motifs is 1. The van der Waals surface area contributed by atoms with Gasteiger partial charge in [-0.15, -0.1) is 11.3 Å². The predicted octanol–water partition coefficient (Wildman–Crippen LogP) is 5.68. The summed E-state index contributed by atoms with van der Waals surface area (Å²) in [6, 6.07) is 22.1. The summed E-state index contributed by atoms with van der Waals surface area (Å²) in [5.41, 5.74) is 3.90. The monoisotopic (exact) mass is 322 g/mol. The number of benzene rings is 2. The van der Waals surface area contributed by atoms with Gasteiger partial charge in [-0.25, -0.2) is 9.97 Å². The zero-order valence-corrected chi connectivity index (χ0v) is 13.1. The number of thiophene rings is 1. The molecule has 2 aromatic carbocycles. The Morgan fingerprint density at radius 2 is 1.41 bits per heavy atom. The van der Waals surface area contributed by atoms with Crippen LogP contribution >= 0.6 is 22.9 Å². The summed E-state index contributed by atoms with van der Waals surface area (Å²) in [6.45, 7) is 0. The molecule has 4 heteroatoms. The molecular formula is C18H11ClN2S. The van der Waals surface area contributed by atoms with E-state index >= 15 is 0 Å². The van der Waals surface area contributed by atoms with Gasteiger partial charge in [-0.05, 0) is 6.07 Å². The summed E-state index contributed by atoms with van der Waals surface area (Å²) in [7, 11) is 0. The lowest BCUT2D eigenvalue weighted by Gasteiger charge is -2.06. The minimum absolute atomic E-state index is 0.724. The largest absolute Gasteiger partial charge is 0.227 e. The van der Waals surface area contributed by atoms with Crippen LogP contribution in [0.5, 0.6) is 0 Å². The summed E-state index contributed by atoms with van der Waals surface area (Å²) in [6.07, 6.45) is 0. The Bertz CT molecular complexity index is 933. The van der Waals surface area contributed by atoms with Gasteiger partial charge in [0, 0.05) is 11.1 Å². The second-order valence-corrected chi connectivity index (χ2v) is 6.58. The van der Waals surface area contributed by atoms with Gasteiger partial charge in [0.25, 0.3) is 0 Å². The van der Waals surface area contributed by atoms with E-state index in [1.165, 1.54) is 11.3 Å². The number of halogens is 1. The zero-order valence-electron chi connectivity index (χ0n) is 11.5.